The van der Waals surface area contributed by atoms with E-state index >= 15 is 0 Å². The minimum Gasteiger partial charge on any atom is -0.378 e. The van der Waals surface area contributed by atoms with Crippen LogP contribution in [0.2, 0.25) is 0 Å². The average molecular weight is 314 g/mol. The van der Waals surface area contributed by atoms with E-state index in [9.17, 15) is 4.79 Å². The highest BCUT2D eigenvalue weighted by Gasteiger charge is 2.27. The van der Waals surface area contributed by atoms with E-state index in [0.717, 1.165) is 23.2 Å². The van der Waals surface area contributed by atoms with E-state index in [-0.39, 0.29) is 12.1 Å². The van der Waals surface area contributed by atoms with Crippen LogP contribution in [0.1, 0.15) is 10.4 Å². The van der Waals surface area contributed by atoms with Gasteiger partial charge in [-0.25, -0.2) is 0 Å². The molecule has 6 heteroatoms. The van der Waals surface area contributed by atoms with Crippen molar-refractivity contribution in [2.24, 2.45) is 5.73 Å². The summed E-state index contributed by atoms with van der Waals surface area (Å²) in [5.74, 6) is -0.440. The first kappa shape index (κ1) is 13.3. The minimum absolute atomic E-state index is 0.0877. The molecule has 0 saturated carbocycles. The number of rotatable bonds is 4. The second kappa shape index (κ2) is 5.69. The molecule has 1 saturated heterocycles. The number of carbonyl (C=O) groups excluding carboxylic acids is 1. The zero-order chi connectivity index (χ0) is 13.1. The molecule has 1 aliphatic heterocycles. The van der Waals surface area contributed by atoms with Gasteiger partial charge in [0.15, 0.2) is 0 Å². The molecule has 98 valence electrons. The number of ether oxygens (including phenoxy) is 1. The molecule has 0 spiro atoms. The maximum absolute atomic E-state index is 11.4. The predicted octanol–water partition coefficient (Wildman–Crippen LogP) is 0.947. The lowest BCUT2D eigenvalue weighted by Crippen LogP contribution is -2.34. The van der Waals surface area contributed by atoms with E-state index in [1.165, 1.54) is 0 Å². The van der Waals surface area contributed by atoms with Gasteiger partial charge in [0.2, 0.25) is 0 Å². The molecule has 1 aliphatic rings. The Kier molecular flexibility index (Phi) is 4.21. The molecular weight excluding hydrogens is 298 g/mol. The molecule has 0 bridgehead atoms. The van der Waals surface area contributed by atoms with E-state index in [1.807, 2.05) is 6.07 Å². The number of nitrogens with one attached hydrogen (secondary N) is 2. The maximum atomic E-state index is 11.4. The lowest BCUT2D eigenvalue weighted by Gasteiger charge is -2.21. The van der Waals surface area contributed by atoms with E-state index in [4.69, 9.17) is 10.5 Å². The Balaban J connectivity index is 2.22. The van der Waals surface area contributed by atoms with E-state index in [2.05, 4.69) is 26.6 Å². The lowest BCUT2D eigenvalue weighted by molar-refractivity contribution is 0.0999. The van der Waals surface area contributed by atoms with Crippen LogP contribution in [0.25, 0.3) is 0 Å². The molecule has 0 aliphatic carbocycles. The van der Waals surface area contributed by atoms with Crippen molar-refractivity contribution in [2.75, 3.05) is 25.5 Å². The molecule has 2 atom stereocenters. The molecule has 1 heterocycles. The Morgan fingerprint density at radius 1 is 1.56 bits per heavy atom. The van der Waals surface area contributed by atoms with Crippen molar-refractivity contribution < 1.29 is 9.53 Å². The van der Waals surface area contributed by atoms with Gasteiger partial charge < -0.3 is 21.1 Å². The number of amides is 1. The van der Waals surface area contributed by atoms with Crippen molar-refractivity contribution in [1.29, 1.82) is 0 Å². The van der Waals surface area contributed by atoms with Crippen LogP contribution in [0.15, 0.2) is 22.7 Å². The van der Waals surface area contributed by atoms with Crippen LogP contribution >= 0.6 is 15.9 Å². The first-order valence-corrected chi connectivity index (χ1v) is 6.50. The number of halogens is 1. The Labute approximate surface area is 114 Å². The normalized spacial score (nSPS) is 23.0. The number of primary amides is 1. The van der Waals surface area contributed by atoms with Gasteiger partial charge >= 0.3 is 0 Å². The SMILES string of the molecule is CO[C@H]1CNCC1Nc1cc(Br)ccc1C(N)=O. The largest absolute Gasteiger partial charge is 0.378 e. The van der Waals surface area contributed by atoms with Crippen LogP contribution in [-0.2, 0) is 4.74 Å². The summed E-state index contributed by atoms with van der Waals surface area (Å²) in [7, 11) is 1.68. The summed E-state index contributed by atoms with van der Waals surface area (Å²) < 4.78 is 6.27. The fraction of sp³-hybridized carbons (Fsp3) is 0.417. The smallest absolute Gasteiger partial charge is 0.250 e. The van der Waals surface area contributed by atoms with Gasteiger partial charge in [-0.05, 0) is 18.2 Å². The first-order valence-electron chi connectivity index (χ1n) is 5.71. The number of anilines is 1. The Morgan fingerprint density at radius 2 is 2.33 bits per heavy atom. The molecular formula is C12H16BrN3O2. The lowest BCUT2D eigenvalue weighted by atomic mass is 10.1. The first-order chi connectivity index (χ1) is 8.61. The summed E-state index contributed by atoms with van der Waals surface area (Å²) in [5.41, 5.74) is 6.58. The predicted molar refractivity (Wildman–Crippen MR) is 73.7 cm³/mol. The molecule has 0 radical (unpaired) electrons. The molecule has 1 amide bonds. The van der Waals surface area contributed by atoms with Crippen LogP contribution in [0.3, 0.4) is 0 Å². The molecule has 1 aromatic carbocycles. The molecule has 4 N–H and O–H groups in total. The fourth-order valence-corrected chi connectivity index (χ4v) is 2.46. The fourth-order valence-electron chi connectivity index (χ4n) is 2.10. The highest BCUT2D eigenvalue weighted by atomic mass is 79.9. The Bertz CT molecular complexity index is 453. The third-order valence-corrected chi connectivity index (χ3v) is 3.54. The summed E-state index contributed by atoms with van der Waals surface area (Å²) in [6.07, 6.45) is 0.0877. The minimum atomic E-state index is -0.440. The van der Waals surface area contributed by atoms with Crippen molar-refractivity contribution in [1.82, 2.24) is 5.32 Å². The Morgan fingerprint density at radius 3 is 3.00 bits per heavy atom. The van der Waals surface area contributed by atoms with Crippen LogP contribution in [0.5, 0.6) is 0 Å². The standard InChI is InChI=1S/C12H16BrN3O2/c1-18-11-6-15-5-10(11)16-9-4-7(13)2-3-8(9)12(14)17/h2-4,10-11,15-16H,5-6H2,1H3,(H2,14,17)/t10?,11-/m0/s1. The number of hydrogen-bond acceptors (Lipinski definition) is 4. The van der Waals surface area contributed by atoms with Gasteiger partial charge in [-0.1, -0.05) is 15.9 Å². The number of nitrogens with two attached hydrogens (primary N) is 1. The van der Waals surface area contributed by atoms with Crippen molar-refractivity contribution in [3.8, 4) is 0 Å². The molecule has 0 aromatic heterocycles. The third-order valence-electron chi connectivity index (χ3n) is 3.05. The molecule has 1 unspecified atom stereocenters. The summed E-state index contributed by atoms with van der Waals surface area (Å²) >= 11 is 3.39. The topological polar surface area (TPSA) is 76.4 Å². The van der Waals surface area contributed by atoms with Gasteiger partial charge in [0.25, 0.3) is 5.91 Å². The number of methoxy groups -OCH3 is 1. The highest BCUT2D eigenvalue weighted by Crippen LogP contribution is 2.23. The quantitative estimate of drug-likeness (QED) is 0.773. The van der Waals surface area contributed by atoms with Gasteiger partial charge in [0.05, 0.1) is 17.7 Å². The number of hydrogen-bond donors (Lipinski definition) is 3. The van der Waals surface area contributed by atoms with Crippen molar-refractivity contribution in [3.63, 3.8) is 0 Å². The molecule has 2 rings (SSSR count). The van der Waals surface area contributed by atoms with Crippen molar-refractivity contribution >= 4 is 27.5 Å². The number of carbonyl (C=O) groups is 1. The van der Waals surface area contributed by atoms with Gasteiger partial charge in [0, 0.05) is 30.4 Å². The monoisotopic (exact) mass is 313 g/mol. The molecule has 5 nitrogen and oxygen atoms in total. The van der Waals surface area contributed by atoms with Crippen LogP contribution in [-0.4, -0.2) is 38.3 Å². The zero-order valence-corrected chi connectivity index (χ0v) is 11.7. The molecule has 1 fully saturated rings. The molecule has 18 heavy (non-hydrogen) atoms. The number of benzene rings is 1. The van der Waals surface area contributed by atoms with Crippen LogP contribution in [0.4, 0.5) is 5.69 Å². The molecule has 1 aromatic rings. The van der Waals surface area contributed by atoms with Crippen LogP contribution < -0.4 is 16.4 Å². The van der Waals surface area contributed by atoms with Gasteiger partial charge in [0.1, 0.15) is 0 Å². The second-order valence-corrected chi connectivity index (χ2v) is 5.15. The zero-order valence-electron chi connectivity index (χ0n) is 10.1. The van der Waals surface area contributed by atoms with Crippen LogP contribution in [0, 0.1) is 0 Å². The van der Waals surface area contributed by atoms with E-state index in [1.54, 1.807) is 19.2 Å². The summed E-state index contributed by atoms with van der Waals surface area (Å²) in [5, 5.41) is 6.56. The summed E-state index contributed by atoms with van der Waals surface area (Å²) in [4.78, 5) is 11.4. The highest BCUT2D eigenvalue weighted by molar-refractivity contribution is 9.10. The average Bonchev–Trinajstić information content (AvgIpc) is 2.76. The summed E-state index contributed by atoms with van der Waals surface area (Å²) in [6.45, 7) is 1.59. The second-order valence-electron chi connectivity index (χ2n) is 4.24. The van der Waals surface area contributed by atoms with E-state index < -0.39 is 5.91 Å². The van der Waals surface area contributed by atoms with Crippen molar-refractivity contribution in [2.45, 2.75) is 12.1 Å². The van der Waals surface area contributed by atoms with Gasteiger partial charge in [-0.15, -0.1) is 0 Å². The van der Waals surface area contributed by atoms with Gasteiger partial charge in [-0.3, -0.25) is 4.79 Å². The summed E-state index contributed by atoms with van der Waals surface area (Å²) in [6, 6.07) is 5.48. The van der Waals surface area contributed by atoms with Crippen molar-refractivity contribution in [3.05, 3.63) is 28.2 Å². The third kappa shape index (κ3) is 2.82. The van der Waals surface area contributed by atoms with E-state index in [0.29, 0.717) is 5.56 Å². The Hall–Kier alpha value is -1.11. The maximum Gasteiger partial charge on any atom is 0.250 e. The van der Waals surface area contributed by atoms with Gasteiger partial charge in [-0.2, -0.15) is 0 Å².